The van der Waals surface area contributed by atoms with Crippen LogP contribution < -0.4 is 0 Å². The number of hydrogen-bond donors (Lipinski definition) is 1. The fourth-order valence-electron chi connectivity index (χ4n) is 1.18. The van der Waals surface area contributed by atoms with Gasteiger partial charge in [0.05, 0.1) is 0 Å². The summed E-state index contributed by atoms with van der Waals surface area (Å²) in [5.41, 5.74) is 0. The van der Waals surface area contributed by atoms with E-state index >= 15 is 0 Å². The molecule has 0 amide bonds. The van der Waals surface area contributed by atoms with Gasteiger partial charge in [0.1, 0.15) is 0 Å². The molecule has 0 aliphatic heterocycles. The Balaban J connectivity index is 0. The molecule has 0 saturated heterocycles. The number of carboxylic acid groups (broad SMARTS) is 1. The predicted octanol–water partition coefficient (Wildman–Crippen LogP) is 3.75. The second kappa shape index (κ2) is 14.6. The van der Waals surface area contributed by atoms with Crippen LogP contribution in [0, 0.1) is 0 Å². The van der Waals surface area contributed by atoms with Gasteiger partial charge < -0.3 is 5.11 Å². The Morgan fingerprint density at radius 1 is 1.00 bits per heavy atom. The van der Waals surface area contributed by atoms with Crippen molar-refractivity contribution in [2.45, 2.75) is 51.9 Å². The lowest BCUT2D eigenvalue weighted by Gasteiger charge is -1.97. The van der Waals surface area contributed by atoms with E-state index < -0.39 is 5.97 Å². The zero-order valence-electron chi connectivity index (χ0n) is 10.8. The molecule has 0 saturated carbocycles. The second-order valence-electron chi connectivity index (χ2n) is 3.73. The summed E-state index contributed by atoms with van der Waals surface area (Å²) in [6.45, 7) is 8.61. The molecule has 98 valence electrons. The van der Waals surface area contributed by atoms with Crippen molar-refractivity contribution < 1.29 is 14.7 Å². The number of carboxylic acids is 1. The molecule has 1 N–H and O–H groups in total. The van der Waals surface area contributed by atoms with Crippen LogP contribution in [0.4, 0.5) is 0 Å². The lowest BCUT2D eigenvalue weighted by Crippen LogP contribution is -1.90. The summed E-state index contributed by atoms with van der Waals surface area (Å²) in [6.07, 6.45) is 10.4. The third-order valence-electron chi connectivity index (χ3n) is 2.18. The maximum atomic E-state index is 10.8. The van der Waals surface area contributed by atoms with Crippen LogP contribution in [0.1, 0.15) is 51.9 Å². The molecule has 0 heterocycles. The van der Waals surface area contributed by atoms with Crippen molar-refractivity contribution in [3.05, 3.63) is 25.3 Å². The molecule has 0 aliphatic carbocycles. The number of ketones is 1. The molecule has 0 fully saturated rings. The summed E-state index contributed by atoms with van der Waals surface area (Å²) in [5, 5.41) is 7.60. The first kappa shape index (κ1) is 18.0. The van der Waals surface area contributed by atoms with E-state index in [1.807, 2.05) is 0 Å². The third-order valence-corrected chi connectivity index (χ3v) is 2.18. The van der Waals surface area contributed by atoms with Crippen molar-refractivity contribution in [2.75, 3.05) is 0 Å². The van der Waals surface area contributed by atoms with Crippen molar-refractivity contribution in [1.82, 2.24) is 0 Å². The van der Waals surface area contributed by atoms with Gasteiger partial charge in [-0.15, -0.1) is 0 Å². The number of hydrogen-bond acceptors (Lipinski definition) is 2. The number of rotatable bonds is 9. The van der Waals surface area contributed by atoms with Gasteiger partial charge in [-0.3, -0.25) is 4.79 Å². The fourth-order valence-corrected chi connectivity index (χ4v) is 1.18. The van der Waals surface area contributed by atoms with Crippen LogP contribution in [0.5, 0.6) is 0 Å². The Kier molecular flexibility index (Phi) is 15.5. The first-order valence-corrected chi connectivity index (χ1v) is 6.09. The molecule has 0 aliphatic rings. The van der Waals surface area contributed by atoms with E-state index in [-0.39, 0.29) is 5.78 Å². The molecule has 0 unspecified atom stereocenters. The Morgan fingerprint density at radius 3 is 1.88 bits per heavy atom. The van der Waals surface area contributed by atoms with E-state index in [2.05, 4.69) is 20.1 Å². The molecular weight excluding hydrogens is 216 g/mol. The van der Waals surface area contributed by atoms with Crippen LogP contribution >= 0.6 is 0 Å². The molecule has 0 spiro atoms. The van der Waals surface area contributed by atoms with Crippen molar-refractivity contribution >= 4 is 11.8 Å². The van der Waals surface area contributed by atoms with Gasteiger partial charge in [0.25, 0.3) is 0 Å². The Hall–Kier alpha value is -1.38. The van der Waals surface area contributed by atoms with E-state index in [1.165, 1.54) is 38.2 Å². The minimum atomic E-state index is -0.981. The number of carbonyl (C=O) groups excluding carboxylic acids is 1. The second-order valence-corrected chi connectivity index (χ2v) is 3.73. The number of unbranched alkanes of at least 4 members (excludes halogenated alkanes) is 5. The minimum Gasteiger partial charge on any atom is -0.478 e. The molecule has 0 radical (unpaired) electrons. The van der Waals surface area contributed by atoms with E-state index in [0.29, 0.717) is 6.42 Å². The molecule has 3 heteroatoms. The Morgan fingerprint density at radius 2 is 1.47 bits per heavy atom. The molecule has 0 aromatic rings. The molecule has 0 aromatic carbocycles. The Bertz CT molecular complexity index is 232. The maximum absolute atomic E-state index is 10.8. The standard InChI is InChI=1S/C11H20O.C3H4O2/c1-3-5-6-7-8-9-10-11(12)4-2;1-2-3(4)5/h4H,2-3,5-10H2,1H3;2H,1H2,(H,4,5). The zero-order valence-corrected chi connectivity index (χ0v) is 10.8. The largest absolute Gasteiger partial charge is 0.478 e. The van der Waals surface area contributed by atoms with Gasteiger partial charge in [0, 0.05) is 12.5 Å². The summed E-state index contributed by atoms with van der Waals surface area (Å²) >= 11 is 0. The average Bonchev–Trinajstić information content (AvgIpc) is 2.33. The van der Waals surface area contributed by atoms with Crippen molar-refractivity contribution in [2.24, 2.45) is 0 Å². The summed E-state index contributed by atoms with van der Waals surface area (Å²) in [5.74, 6) is -0.796. The summed E-state index contributed by atoms with van der Waals surface area (Å²) in [7, 11) is 0. The summed E-state index contributed by atoms with van der Waals surface area (Å²) in [4.78, 5) is 20.0. The molecule has 0 rings (SSSR count). The van der Waals surface area contributed by atoms with Gasteiger partial charge >= 0.3 is 5.97 Å². The van der Waals surface area contributed by atoms with E-state index in [4.69, 9.17) is 5.11 Å². The highest BCUT2D eigenvalue weighted by Crippen LogP contribution is 2.06. The zero-order chi connectivity index (χ0) is 13.5. The van der Waals surface area contributed by atoms with E-state index in [1.54, 1.807) is 0 Å². The molecule has 0 atom stereocenters. The fraction of sp³-hybridized carbons (Fsp3) is 0.571. The van der Waals surface area contributed by atoms with Crippen molar-refractivity contribution in [1.29, 1.82) is 0 Å². The number of carbonyl (C=O) groups is 2. The lowest BCUT2D eigenvalue weighted by atomic mass is 10.1. The molecule has 0 aromatic heterocycles. The first-order valence-electron chi connectivity index (χ1n) is 6.09. The van der Waals surface area contributed by atoms with Gasteiger partial charge in [-0.25, -0.2) is 4.79 Å². The normalized spacial score (nSPS) is 8.76. The van der Waals surface area contributed by atoms with Gasteiger partial charge in [-0.05, 0) is 12.5 Å². The quantitative estimate of drug-likeness (QED) is 0.493. The summed E-state index contributed by atoms with van der Waals surface area (Å²) < 4.78 is 0. The average molecular weight is 240 g/mol. The number of allylic oxidation sites excluding steroid dienone is 1. The monoisotopic (exact) mass is 240 g/mol. The van der Waals surface area contributed by atoms with Crippen LogP contribution in [0.15, 0.2) is 25.3 Å². The molecular formula is C14H24O3. The van der Waals surface area contributed by atoms with E-state index in [9.17, 15) is 9.59 Å². The highest BCUT2D eigenvalue weighted by atomic mass is 16.4. The molecule has 3 nitrogen and oxygen atoms in total. The van der Waals surface area contributed by atoms with Gasteiger partial charge in [-0.1, -0.05) is 52.2 Å². The van der Waals surface area contributed by atoms with Gasteiger partial charge in [-0.2, -0.15) is 0 Å². The smallest absolute Gasteiger partial charge is 0.327 e. The predicted molar refractivity (Wildman–Crippen MR) is 71.0 cm³/mol. The van der Waals surface area contributed by atoms with Crippen LogP contribution in [0.25, 0.3) is 0 Å². The minimum absolute atomic E-state index is 0.186. The lowest BCUT2D eigenvalue weighted by molar-refractivity contribution is -0.131. The number of aliphatic carboxylic acids is 1. The van der Waals surface area contributed by atoms with Crippen LogP contribution in [-0.4, -0.2) is 16.9 Å². The van der Waals surface area contributed by atoms with Crippen molar-refractivity contribution in [3.8, 4) is 0 Å². The van der Waals surface area contributed by atoms with Gasteiger partial charge in [0.15, 0.2) is 5.78 Å². The SMILES string of the molecule is C=CC(=O)CCCCCCCC.C=CC(=O)O. The molecule has 17 heavy (non-hydrogen) atoms. The van der Waals surface area contributed by atoms with Crippen LogP contribution in [0.2, 0.25) is 0 Å². The first-order chi connectivity index (χ1) is 8.08. The van der Waals surface area contributed by atoms with E-state index in [0.717, 1.165) is 12.5 Å². The highest BCUT2D eigenvalue weighted by Gasteiger charge is 1.94. The summed E-state index contributed by atoms with van der Waals surface area (Å²) in [6, 6.07) is 0. The van der Waals surface area contributed by atoms with Crippen molar-refractivity contribution in [3.63, 3.8) is 0 Å². The van der Waals surface area contributed by atoms with Gasteiger partial charge in [0.2, 0.25) is 0 Å². The molecule has 0 bridgehead atoms. The Labute approximate surface area is 104 Å². The van der Waals surface area contributed by atoms with Crippen LogP contribution in [-0.2, 0) is 9.59 Å². The third kappa shape index (κ3) is 20.6. The van der Waals surface area contributed by atoms with Crippen LogP contribution in [0.3, 0.4) is 0 Å². The highest BCUT2D eigenvalue weighted by molar-refractivity contribution is 5.88. The maximum Gasteiger partial charge on any atom is 0.327 e. The topological polar surface area (TPSA) is 54.4 Å².